The van der Waals surface area contributed by atoms with Crippen molar-refractivity contribution in [3.8, 4) is 12.3 Å². The summed E-state index contributed by atoms with van der Waals surface area (Å²) < 4.78 is 0. The zero-order valence-corrected chi connectivity index (χ0v) is 8.90. The van der Waals surface area contributed by atoms with E-state index in [0.29, 0.717) is 16.9 Å². The molecule has 0 unspecified atom stereocenters. The molecule has 0 aliphatic carbocycles. The van der Waals surface area contributed by atoms with Crippen LogP contribution in [0.3, 0.4) is 0 Å². The maximum Gasteiger partial charge on any atom is 0.273 e. The molecule has 0 aliphatic heterocycles. The number of nitrogen functional groups attached to an aromatic ring is 1. The Balaban J connectivity index is 2.16. The molecular formula is C12H10N4O. The van der Waals surface area contributed by atoms with Gasteiger partial charge in [-0.05, 0) is 18.2 Å². The molecule has 0 saturated heterocycles. The summed E-state index contributed by atoms with van der Waals surface area (Å²) in [5.41, 5.74) is 7.03. The van der Waals surface area contributed by atoms with Gasteiger partial charge in [-0.3, -0.25) is 9.89 Å². The number of amides is 1. The van der Waals surface area contributed by atoms with Gasteiger partial charge in [0.2, 0.25) is 0 Å². The van der Waals surface area contributed by atoms with Gasteiger partial charge in [0.1, 0.15) is 11.5 Å². The van der Waals surface area contributed by atoms with E-state index in [9.17, 15) is 4.79 Å². The Morgan fingerprint density at radius 2 is 2.29 bits per heavy atom. The van der Waals surface area contributed by atoms with Crippen molar-refractivity contribution >= 4 is 17.4 Å². The molecule has 1 aromatic heterocycles. The van der Waals surface area contributed by atoms with E-state index in [4.69, 9.17) is 12.2 Å². The lowest BCUT2D eigenvalue weighted by molar-refractivity contribution is 0.102. The van der Waals surface area contributed by atoms with Crippen molar-refractivity contribution in [3.63, 3.8) is 0 Å². The maximum atomic E-state index is 11.7. The maximum absolute atomic E-state index is 11.7. The lowest BCUT2D eigenvalue weighted by Crippen LogP contribution is -2.12. The number of hydrogen-bond donors (Lipinski definition) is 3. The summed E-state index contributed by atoms with van der Waals surface area (Å²) in [5.74, 6) is 2.45. The summed E-state index contributed by atoms with van der Waals surface area (Å²) in [4.78, 5) is 11.7. The van der Waals surface area contributed by atoms with E-state index >= 15 is 0 Å². The second kappa shape index (κ2) is 4.41. The van der Waals surface area contributed by atoms with Crippen LogP contribution in [0.15, 0.2) is 30.3 Å². The Morgan fingerprint density at radius 3 is 2.94 bits per heavy atom. The van der Waals surface area contributed by atoms with Crippen LogP contribution in [0, 0.1) is 12.3 Å². The Kier molecular flexibility index (Phi) is 2.79. The van der Waals surface area contributed by atoms with E-state index < -0.39 is 0 Å². The molecule has 0 radical (unpaired) electrons. The molecule has 5 nitrogen and oxygen atoms in total. The molecule has 4 N–H and O–H groups in total. The predicted octanol–water partition coefficient (Wildman–Crippen LogP) is 1.23. The van der Waals surface area contributed by atoms with Crippen LogP contribution in [0.25, 0.3) is 0 Å². The van der Waals surface area contributed by atoms with Gasteiger partial charge in [0, 0.05) is 17.3 Å². The number of H-pyrrole nitrogens is 1. The number of nitrogens with two attached hydrogens (primary N) is 1. The average Bonchev–Trinajstić information content (AvgIpc) is 2.76. The number of aromatic amines is 1. The number of aromatic nitrogens is 2. The monoisotopic (exact) mass is 226 g/mol. The largest absolute Gasteiger partial charge is 0.382 e. The van der Waals surface area contributed by atoms with E-state index in [-0.39, 0.29) is 11.7 Å². The predicted molar refractivity (Wildman–Crippen MR) is 65.3 cm³/mol. The van der Waals surface area contributed by atoms with E-state index in [0.717, 1.165) is 0 Å². The summed E-state index contributed by atoms with van der Waals surface area (Å²) in [6.07, 6.45) is 5.27. The Bertz CT molecular complexity index is 595. The van der Waals surface area contributed by atoms with Gasteiger partial charge in [-0.15, -0.1) is 6.42 Å². The van der Waals surface area contributed by atoms with Crippen LogP contribution in [0.5, 0.6) is 0 Å². The van der Waals surface area contributed by atoms with Crippen LogP contribution in [-0.4, -0.2) is 16.1 Å². The molecule has 2 rings (SSSR count). The third-order valence-corrected chi connectivity index (χ3v) is 2.13. The van der Waals surface area contributed by atoms with Crippen molar-refractivity contribution < 1.29 is 4.79 Å². The normalized spacial score (nSPS) is 9.59. The first kappa shape index (κ1) is 10.8. The van der Waals surface area contributed by atoms with Crippen molar-refractivity contribution in [2.45, 2.75) is 0 Å². The molecule has 5 heteroatoms. The minimum absolute atomic E-state index is 0.271. The molecule has 17 heavy (non-hydrogen) atoms. The minimum atomic E-state index is -0.316. The topological polar surface area (TPSA) is 83.8 Å². The molecule has 0 spiro atoms. The summed E-state index contributed by atoms with van der Waals surface area (Å²) in [6, 6.07) is 8.46. The Morgan fingerprint density at radius 1 is 1.47 bits per heavy atom. The van der Waals surface area contributed by atoms with Gasteiger partial charge in [-0.25, -0.2) is 0 Å². The van der Waals surface area contributed by atoms with Crippen LogP contribution < -0.4 is 11.1 Å². The minimum Gasteiger partial charge on any atom is -0.382 e. The molecule has 0 atom stereocenters. The van der Waals surface area contributed by atoms with Gasteiger partial charge in [-0.2, -0.15) is 5.10 Å². The van der Waals surface area contributed by atoms with Crippen molar-refractivity contribution in [2.24, 2.45) is 0 Å². The summed E-state index contributed by atoms with van der Waals surface area (Å²) in [6.45, 7) is 0. The van der Waals surface area contributed by atoms with Gasteiger partial charge in [0.05, 0.1) is 0 Å². The van der Waals surface area contributed by atoms with E-state index in [2.05, 4.69) is 21.4 Å². The fourth-order valence-corrected chi connectivity index (χ4v) is 1.34. The van der Waals surface area contributed by atoms with Crippen LogP contribution >= 0.6 is 0 Å². The van der Waals surface area contributed by atoms with Gasteiger partial charge < -0.3 is 11.1 Å². The van der Waals surface area contributed by atoms with Gasteiger partial charge in [0.15, 0.2) is 0 Å². The number of anilines is 2. The van der Waals surface area contributed by atoms with E-state index in [1.165, 1.54) is 6.07 Å². The van der Waals surface area contributed by atoms with Gasteiger partial charge in [0.25, 0.3) is 5.91 Å². The third-order valence-electron chi connectivity index (χ3n) is 2.13. The zero-order valence-electron chi connectivity index (χ0n) is 8.90. The Labute approximate surface area is 98.0 Å². The fraction of sp³-hybridized carbons (Fsp3) is 0. The fourth-order valence-electron chi connectivity index (χ4n) is 1.34. The first-order chi connectivity index (χ1) is 8.19. The highest BCUT2D eigenvalue weighted by Gasteiger charge is 2.08. The van der Waals surface area contributed by atoms with Crippen molar-refractivity contribution in [1.29, 1.82) is 0 Å². The van der Waals surface area contributed by atoms with Gasteiger partial charge >= 0.3 is 0 Å². The highest BCUT2D eigenvalue weighted by molar-refractivity contribution is 6.03. The number of carbonyl (C=O) groups excluding carboxylic acids is 1. The number of carbonyl (C=O) groups is 1. The zero-order chi connectivity index (χ0) is 12.3. The molecular weight excluding hydrogens is 216 g/mol. The molecule has 1 aromatic carbocycles. The standard InChI is InChI=1S/C12H10N4O/c1-2-8-4-3-5-9(6-8)14-12(17)10-7-11(13)16-15-10/h1,3-7H,(H,14,17)(H3,13,15,16). The molecule has 0 fully saturated rings. The summed E-state index contributed by atoms with van der Waals surface area (Å²) in [5, 5.41) is 8.88. The molecule has 84 valence electrons. The number of hydrogen-bond acceptors (Lipinski definition) is 3. The molecule has 1 heterocycles. The lowest BCUT2D eigenvalue weighted by Gasteiger charge is -2.03. The molecule has 1 amide bonds. The SMILES string of the molecule is C#Cc1cccc(NC(=O)c2cc(N)n[nH]2)c1. The van der Waals surface area contributed by atoms with Crippen LogP contribution in [0.4, 0.5) is 11.5 Å². The quantitative estimate of drug-likeness (QED) is 0.673. The van der Waals surface area contributed by atoms with Crippen molar-refractivity contribution in [3.05, 3.63) is 41.6 Å². The summed E-state index contributed by atoms with van der Waals surface area (Å²) >= 11 is 0. The average molecular weight is 226 g/mol. The molecule has 0 bridgehead atoms. The van der Waals surface area contributed by atoms with Crippen LogP contribution in [0.2, 0.25) is 0 Å². The Hall–Kier alpha value is -2.74. The summed E-state index contributed by atoms with van der Waals surface area (Å²) in [7, 11) is 0. The van der Waals surface area contributed by atoms with Crippen LogP contribution in [0.1, 0.15) is 16.1 Å². The van der Waals surface area contributed by atoms with E-state index in [1.54, 1.807) is 24.3 Å². The molecule has 2 aromatic rings. The first-order valence-electron chi connectivity index (χ1n) is 4.88. The third kappa shape index (κ3) is 2.44. The highest BCUT2D eigenvalue weighted by Crippen LogP contribution is 2.11. The van der Waals surface area contributed by atoms with Crippen molar-refractivity contribution in [2.75, 3.05) is 11.1 Å². The van der Waals surface area contributed by atoms with Crippen LogP contribution in [-0.2, 0) is 0 Å². The number of benzene rings is 1. The van der Waals surface area contributed by atoms with Gasteiger partial charge in [-0.1, -0.05) is 12.0 Å². The highest BCUT2D eigenvalue weighted by atomic mass is 16.1. The number of rotatable bonds is 2. The molecule has 0 aliphatic rings. The van der Waals surface area contributed by atoms with E-state index in [1.807, 2.05) is 0 Å². The second-order valence-electron chi connectivity index (χ2n) is 3.39. The van der Waals surface area contributed by atoms with Crippen molar-refractivity contribution in [1.82, 2.24) is 10.2 Å². The number of terminal acetylenes is 1. The number of nitrogens with one attached hydrogen (secondary N) is 2. The molecule has 0 saturated carbocycles. The smallest absolute Gasteiger partial charge is 0.273 e. The number of nitrogens with zero attached hydrogens (tertiary/aromatic N) is 1. The lowest BCUT2D eigenvalue weighted by atomic mass is 10.2. The first-order valence-corrected chi connectivity index (χ1v) is 4.88. The second-order valence-corrected chi connectivity index (χ2v) is 3.39.